The molecule has 0 radical (unpaired) electrons. The van der Waals surface area contributed by atoms with Gasteiger partial charge in [-0.15, -0.1) is 5.10 Å². The zero-order chi connectivity index (χ0) is 10.7. The Morgan fingerprint density at radius 3 is 3.07 bits per heavy atom. The van der Waals surface area contributed by atoms with E-state index < -0.39 is 0 Å². The van der Waals surface area contributed by atoms with Crippen molar-refractivity contribution in [3.8, 4) is 5.88 Å². The van der Waals surface area contributed by atoms with Gasteiger partial charge in [-0.2, -0.15) is 16.9 Å². The summed E-state index contributed by atoms with van der Waals surface area (Å²) in [6, 6.07) is 2.00. The lowest BCUT2D eigenvalue weighted by Crippen LogP contribution is -2.05. The number of methoxy groups -OCH3 is 1. The Morgan fingerprint density at radius 1 is 1.60 bits per heavy atom. The van der Waals surface area contributed by atoms with Crippen molar-refractivity contribution in [2.75, 3.05) is 12.9 Å². The van der Waals surface area contributed by atoms with Crippen LogP contribution in [0.3, 0.4) is 0 Å². The van der Waals surface area contributed by atoms with Crippen LogP contribution in [-0.4, -0.2) is 28.3 Å². The molecule has 1 unspecified atom stereocenters. The van der Waals surface area contributed by atoms with E-state index in [9.17, 15) is 0 Å². The minimum absolute atomic E-state index is 0.554. The lowest BCUT2D eigenvalue weighted by molar-refractivity contribution is 0.388. The SMILES string of the molecule is COc1nnc(CC2CCCS2)cc1Br. The van der Waals surface area contributed by atoms with E-state index in [0.29, 0.717) is 5.88 Å². The second-order valence-electron chi connectivity index (χ2n) is 3.53. The maximum absolute atomic E-state index is 5.04. The highest BCUT2D eigenvalue weighted by molar-refractivity contribution is 9.10. The molecule has 3 nitrogen and oxygen atoms in total. The molecule has 0 spiro atoms. The van der Waals surface area contributed by atoms with Gasteiger partial charge in [0.25, 0.3) is 0 Å². The summed E-state index contributed by atoms with van der Waals surface area (Å²) in [5.74, 6) is 1.84. The summed E-state index contributed by atoms with van der Waals surface area (Å²) in [6.45, 7) is 0. The number of rotatable bonds is 3. The molecular formula is C10H13BrN2OS. The Morgan fingerprint density at radius 2 is 2.47 bits per heavy atom. The fourth-order valence-electron chi connectivity index (χ4n) is 1.67. The van der Waals surface area contributed by atoms with Crippen LogP contribution < -0.4 is 4.74 Å². The highest BCUT2D eigenvalue weighted by Crippen LogP contribution is 2.29. The molecule has 1 fully saturated rings. The topological polar surface area (TPSA) is 35.0 Å². The monoisotopic (exact) mass is 288 g/mol. The Labute approximate surface area is 102 Å². The Bertz CT molecular complexity index is 342. The Balaban J connectivity index is 2.05. The molecule has 0 bridgehead atoms. The van der Waals surface area contributed by atoms with Gasteiger partial charge in [-0.25, -0.2) is 0 Å². The second kappa shape index (κ2) is 5.16. The second-order valence-corrected chi connectivity index (χ2v) is 5.79. The summed E-state index contributed by atoms with van der Waals surface area (Å²) < 4.78 is 5.93. The van der Waals surface area contributed by atoms with Gasteiger partial charge in [0.05, 0.1) is 17.3 Å². The molecule has 2 heterocycles. The summed E-state index contributed by atoms with van der Waals surface area (Å²) in [6.07, 6.45) is 3.65. The van der Waals surface area contributed by atoms with E-state index in [4.69, 9.17) is 4.74 Å². The first-order valence-electron chi connectivity index (χ1n) is 4.97. The predicted molar refractivity (Wildman–Crippen MR) is 65.5 cm³/mol. The Hall–Kier alpha value is -0.290. The molecule has 0 aromatic carbocycles. The third kappa shape index (κ3) is 2.84. The molecular weight excluding hydrogens is 276 g/mol. The van der Waals surface area contributed by atoms with Crippen molar-refractivity contribution in [2.45, 2.75) is 24.5 Å². The number of ether oxygens (including phenoxy) is 1. The van der Waals surface area contributed by atoms with Gasteiger partial charge in [0.2, 0.25) is 5.88 Å². The molecule has 1 aromatic heterocycles. The van der Waals surface area contributed by atoms with Crippen molar-refractivity contribution in [1.29, 1.82) is 0 Å². The minimum Gasteiger partial charge on any atom is -0.479 e. The van der Waals surface area contributed by atoms with Crippen molar-refractivity contribution in [3.63, 3.8) is 0 Å². The molecule has 15 heavy (non-hydrogen) atoms. The molecule has 0 amide bonds. The molecule has 0 saturated carbocycles. The van der Waals surface area contributed by atoms with Gasteiger partial charge < -0.3 is 4.74 Å². The molecule has 5 heteroatoms. The normalized spacial score (nSPS) is 20.5. The van der Waals surface area contributed by atoms with E-state index in [1.807, 2.05) is 17.8 Å². The van der Waals surface area contributed by atoms with Crippen LogP contribution >= 0.6 is 27.7 Å². The lowest BCUT2D eigenvalue weighted by Gasteiger charge is -2.08. The van der Waals surface area contributed by atoms with Crippen molar-refractivity contribution in [3.05, 3.63) is 16.2 Å². The van der Waals surface area contributed by atoms with Crippen LogP contribution in [-0.2, 0) is 6.42 Å². The van der Waals surface area contributed by atoms with Crippen LogP contribution in [0.1, 0.15) is 18.5 Å². The molecule has 1 aliphatic rings. The van der Waals surface area contributed by atoms with Crippen LogP contribution in [0.2, 0.25) is 0 Å². The fraction of sp³-hybridized carbons (Fsp3) is 0.600. The molecule has 1 saturated heterocycles. The minimum atomic E-state index is 0.554. The third-order valence-corrected chi connectivity index (χ3v) is 4.39. The van der Waals surface area contributed by atoms with Crippen LogP contribution in [0.5, 0.6) is 5.88 Å². The molecule has 82 valence electrons. The van der Waals surface area contributed by atoms with E-state index in [-0.39, 0.29) is 0 Å². The molecule has 2 rings (SSSR count). The molecule has 0 aliphatic carbocycles. The van der Waals surface area contributed by atoms with Crippen LogP contribution in [0.4, 0.5) is 0 Å². The van der Waals surface area contributed by atoms with E-state index in [2.05, 4.69) is 26.1 Å². The first-order chi connectivity index (χ1) is 7.29. The van der Waals surface area contributed by atoms with Crippen molar-refractivity contribution >= 4 is 27.7 Å². The first kappa shape index (κ1) is 11.2. The number of nitrogens with zero attached hydrogens (tertiary/aromatic N) is 2. The predicted octanol–water partition coefficient (Wildman–Crippen LogP) is 2.69. The van der Waals surface area contributed by atoms with Gasteiger partial charge in [0, 0.05) is 11.7 Å². The summed E-state index contributed by atoms with van der Waals surface area (Å²) in [7, 11) is 1.60. The van der Waals surface area contributed by atoms with Gasteiger partial charge >= 0.3 is 0 Å². The number of hydrogen-bond donors (Lipinski definition) is 0. The van der Waals surface area contributed by atoms with Crippen LogP contribution in [0.25, 0.3) is 0 Å². The molecule has 1 aromatic rings. The zero-order valence-corrected chi connectivity index (χ0v) is 11.0. The number of aromatic nitrogens is 2. The zero-order valence-electron chi connectivity index (χ0n) is 8.57. The van der Waals surface area contributed by atoms with E-state index in [0.717, 1.165) is 21.8 Å². The maximum Gasteiger partial charge on any atom is 0.247 e. The average Bonchev–Trinajstić information content (AvgIpc) is 2.71. The maximum atomic E-state index is 5.04. The largest absolute Gasteiger partial charge is 0.479 e. The number of thioether (sulfide) groups is 1. The van der Waals surface area contributed by atoms with Crippen molar-refractivity contribution in [1.82, 2.24) is 10.2 Å². The van der Waals surface area contributed by atoms with Crippen LogP contribution in [0.15, 0.2) is 10.5 Å². The molecule has 0 N–H and O–H groups in total. The summed E-state index contributed by atoms with van der Waals surface area (Å²) in [5.41, 5.74) is 1.04. The number of hydrogen-bond acceptors (Lipinski definition) is 4. The van der Waals surface area contributed by atoms with Crippen molar-refractivity contribution in [2.24, 2.45) is 0 Å². The van der Waals surface area contributed by atoms with E-state index in [1.165, 1.54) is 18.6 Å². The smallest absolute Gasteiger partial charge is 0.247 e. The fourth-order valence-corrected chi connectivity index (χ4v) is 3.46. The number of halogens is 1. The highest BCUT2D eigenvalue weighted by atomic mass is 79.9. The Kier molecular flexibility index (Phi) is 3.86. The quantitative estimate of drug-likeness (QED) is 0.857. The highest BCUT2D eigenvalue weighted by Gasteiger charge is 2.17. The van der Waals surface area contributed by atoms with E-state index in [1.54, 1.807) is 7.11 Å². The summed E-state index contributed by atoms with van der Waals surface area (Å²) >= 11 is 5.46. The van der Waals surface area contributed by atoms with Gasteiger partial charge in [-0.1, -0.05) is 0 Å². The first-order valence-corrected chi connectivity index (χ1v) is 6.81. The molecule has 1 aliphatic heterocycles. The average molecular weight is 289 g/mol. The van der Waals surface area contributed by atoms with Crippen LogP contribution in [0, 0.1) is 0 Å². The summed E-state index contributed by atoms with van der Waals surface area (Å²) in [5, 5.41) is 8.89. The van der Waals surface area contributed by atoms with Gasteiger partial charge in [0.1, 0.15) is 0 Å². The molecule has 1 atom stereocenters. The summed E-state index contributed by atoms with van der Waals surface area (Å²) in [4.78, 5) is 0. The van der Waals surface area contributed by atoms with Gasteiger partial charge in [-0.05, 0) is 40.6 Å². The van der Waals surface area contributed by atoms with Gasteiger partial charge in [0.15, 0.2) is 0 Å². The van der Waals surface area contributed by atoms with Crippen molar-refractivity contribution < 1.29 is 4.74 Å². The van der Waals surface area contributed by atoms with E-state index >= 15 is 0 Å². The third-order valence-electron chi connectivity index (χ3n) is 2.42. The lowest BCUT2D eigenvalue weighted by atomic mass is 10.1. The standard InChI is InChI=1S/C10H13BrN2OS/c1-14-10-9(11)6-7(12-13-10)5-8-3-2-4-15-8/h6,8H,2-5H2,1H3. The van der Waals surface area contributed by atoms with Gasteiger partial charge in [-0.3, -0.25) is 0 Å².